The molecule has 0 aliphatic carbocycles. The number of halogens is 3. The van der Waals surface area contributed by atoms with E-state index < -0.39 is 17.6 Å². The van der Waals surface area contributed by atoms with E-state index in [2.05, 4.69) is 10.6 Å². The van der Waals surface area contributed by atoms with Gasteiger partial charge in [0, 0.05) is 32.1 Å². The number of nitrogens with zero attached hydrogens (tertiary/aromatic N) is 2. The van der Waals surface area contributed by atoms with Gasteiger partial charge in [0.2, 0.25) is 17.7 Å². The second-order valence-corrected chi connectivity index (χ2v) is 7.28. The van der Waals surface area contributed by atoms with Crippen molar-refractivity contribution in [3.8, 4) is 0 Å². The van der Waals surface area contributed by atoms with Gasteiger partial charge in [0.1, 0.15) is 0 Å². The predicted octanol–water partition coefficient (Wildman–Crippen LogP) is 1.95. The van der Waals surface area contributed by atoms with E-state index in [4.69, 9.17) is 0 Å². The van der Waals surface area contributed by atoms with Gasteiger partial charge in [-0.1, -0.05) is 26.0 Å². The SMILES string of the molecule is CCC(C)C(=O)NCC(=O)N1CCN(CC(=O)Nc2ccccc2C(F)(F)F)CC1. The van der Waals surface area contributed by atoms with E-state index in [1.54, 1.807) is 16.7 Å². The van der Waals surface area contributed by atoms with E-state index in [0.29, 0.717) is 32.6 Å². The summed E-state index contributed by atoms with van der Waals surface area (Å²) in [5, 5.41) is 4.94. The topological polar surface area (TPSA) is 81.8 Å². The zero-order chi connectivity index (χ0) is 22.3. The monoisotopic (exact) mass is 428 g/mol. The Morgan fingerprint density at radius 2 is 1.73 bits per heavy atom. The average molecular weight is 428 g/mol. The van der Waals surface area contributed by atoms with Gasteiger partial charge in [-0.15, -0.1) is 0 Å². The molecule has 1 heterocycles. The first kappa shape index (κ1) is 23.7. The number of hydrogen-bond donors (Lipinski definition) is 2. The minimum atomic E-state index is -4.56. The molecule has 1 aliphatic heterocycles. The fourth-order valence-corrected chi connectivity index (χ4v) is 3.02. The number of carbonyl (C=O) groups is 3. The fraction of sp³-hybridized carbons (Fsp3) is 0.550. The van der Waals surface area contributed by atoms with Crippen LogP contribution in [0.2, 0.25) is 0 Å². The van der Waals surface area contributed by atoms with Crippen molar-refractivity contribution in [2.75, 3.05) is 44.6 Å². The lowest BCUT2D eigenvalue weighted by atomic mass is 10.1. The molecule has 7 nitrogen and oxygen atoms in total. The minimum absolute atomic E-state index is 0.0705. The minimum Gasteiger partial charge on any atom is -0.347 e. The van der Waals surface area contributed by atoms with Crippen LogP contribution in [-0.2, 0) is 20.6 Å². The molecule has 1 aromatic carbocycles. The third-order valence-electron chi connectivity index (χ3n) is 5.07. The number of amides is 3. The number of carbonyl (C=O) groups excluding carboxylic acids is 3. The molecule has 0 spiro atoms. The van der Waals surface area contributed by atoms with Crippen molar-refractivity contribution in [1.29, 1.82) is 0 Å². The van der Waals surface area contributed by atoms with Crippen molar-refractivity contribution in [3.05, 3.63) is 29.8 Å². The first-order chi connectivity index (χ1) is 14.1. The van der Waals surface area contributed by atoms with Crippen LogP contribution in [0.25, 0.3) is 0 Å². The number of anilines is 1. The summed E-state index contributed by atoms with van der Waals surface area (Å²) < 4.78 is 39.1. The molecule has 0 bridgehead atoms. The summed E-state index contributed by atoms with van der Waals surface area (Å²) in [7, 11) is 0. The molecule has 3 amide bonds. The molecule has 166 valence electrons. The highest BCUT2D eigenvalue weighted by Gasteiger charge is 2.33. The molecule has 0 radical (unpaired) electrons. The Morgan fingerprint density at radius 1 is 1.10 bits per heavy atom. The Balaban J connectivity index is 1.79. The van der Waals surface area contributed by atoms with Crippen molar-refractivity contribution in [1.82, 2.24) is 15.1 Å². The highest BCUT2D eigenvalue weighted by Crippen LogP contribution is 2.34. The van der Waals surface area contributed by atoms with Gasteiger partial charge in [0.05, 0.1) is 24.3 Å². The molecule has 2 rings (SSSR count). The number of piperazine rings is 1. The Labute approximate surface area is 173 Å². The van der Waals surface area contributed by atoms with Crippen molar-refractivity contribution in [2.45, 2.75) is 26.4 Å². The lowest BCUT2D eigenvalue weighted by Gasteiger charge is -2.34. The van der Waals surface area contributed by atoms with E-state index in [1.807, 2.05) is 6.92 Å². The lowest BCUT2D eigenvalue weighted by Crippen LogP contribution is -2.52. The first-order valence-electron chi connectivity index (χ1n) is 9.85. The summed E-state index contributed by atoms with van der Waals surface area (Å²) >= 11 is 0. The van der Waals surface area contributed by atoms with E-state index in [9.17, 15) is 27.6 Å². The summed E-state index contributed by atoms with van der Waals surface area (Å²) in [5.74, 6) is -1.07. The van der Waals surface area contributed by atoms with Gasteiger partial charge in [0.15, 0.2) is 0 Å². The Bertz CT molecular complexity index is 762. The molecule has 1 fully saturated rings. The third-order valence-corrected chi connectivity index (χ3v) is 5.07. The van der Waals surface area contributed by atoms with E-state index in [1.165, 1.54) is 18.2 Å². The van der Waals surface area contributed by atoms with Gasteiger partial charge >= 0.3 is 6.18 Å². The van der Waals surface area contributed by atoms with Gasteiger partial charge in [-0.25, -0.2) is 0 Å². The molecule has 0 aromatic heterocycles. The van der Waals surface area contributed by atoms with Crippen molar-refractivity contribution in [3.63, 3.8) is 0 Å². The Morgan fingerprint density at radius 3 is 2.33 bits per heavy atom. The van der Waals surface area contributed by atoms with Crippen molar-refractivity contribution in [2.24, 2.45) is 5.92 Å². The maximum atomic E-state index is 13.0. The first-order valence-corrected chi connectivity index (χ1v) is 9.85. The average Bonchev–Trinajstić information content (AvgIpc) is 2.71. The van der Waals surface area contributed by atoms with Crippen LogP contribution in [0.5, 0.6) is 0 Å². The largest absolute Gasteiger partial charge is 0.418 e. The maximum Gasteiger partial charge on any atom is 0.418 e. The molecule has 10 heteroatoms. The molecular formula is C20H27F3N4O3. The van der Waals surface area contributed by atoms with Crippen molar-refractivity contribution >= 4 is 23.4 Å². The van der Waals surface area contributed by atoms with Gasteiger partial charge in [-0.05, 0) is 18.6 Å². The molecule has 1 aliphatic rings. The molecule has 30 heavy (non-hydrogen) atoms. The Kier molecular flexibility index (Phi) is 8.22. The number of nitrogens with one attached hydrogen (secondary N) is 2. The third kappa shape index (κ3) is 6.72. The second-order valence-electron chi connectivity index (χ2n) is 7.28. The van der Waals surface area contributed by atoms with Crippen molar-refractivity contribution < 1.29 is 27.6 Å². The van der Waals surface area contributed by atoms with Gasteiger partial charge in [-0.2, -0.15) is 13.2 Å². The van der Waals surface area contributed by atoms with Crippen LogP contribution < -0.4 is 10.6 Å². The van der Waals surface area contributed by atoms with E-state index >= 15 is 0 Å². The maximum absolute atomic E-state index is 13.0. The standard InChI is InChI=1S/C20H27F3N4O3/c1-3-14(2)19(30)24-12-18(29)27-10-8-26(9-11-27)13-17(28)25-16-7-5-4-6-15(16)20(21,22)23/h4-7,14H,3,8-13H2,1-2H3,(H,24,30)(H,25,28). The molecule has 0 saturated carbocycles. The van der Waals surface area contributed by atoms with Crippen LogP contribution in [0.15, 0.2) is 24.3 Å². The van der Waals surface area contributed by atoms with Crippen LogP contribution in [0.1, 0.15) is 25.8 Å². The Hall–Kier alpha value is -2.62. The number of alkyl halides is 3. The molecule has 1 aromatic rings. The molecule has 1 saturated heterocycles. The van der Waals surface area contributed by atoms with Crippen LogP contribution in [0.4, 0.5) is 18.9 Å². The van der Waals surface area contributed by atoms with Crippen LogP contribution in [0, 0.1) is 5.92 Å². The van der Waals surface area contributed by atoms with Crippen LogP contribution >= 0.6 is 0 Å². The molecular weight excluding hydrogens is 401 g/mol. The number of rotatable bonds is 7. The molecule has 1 atom stereocenters. The smallest absolute Gasteiger partial charge is 0.347 e. The number of hydrogen-bond acceptors (Lipinski definition) is 4. The van der Waals surface area contributed by atoms with Crippen LogP contribution in [0.3, 0.4) is 0 Å². The fourth-order valence-electron chi connectivity index (χ4n) is 3.02. The molecule has 2 N–H and O–H groups in total. The van der Waals surface area contributed by atoms with E-state index in [-0.39, 0.29) is 36.5 Å². The lowest BCUT2D eigenvalue weighted by molar-refractivity contribution is -0.137. The zero-order valence-electron chi connectivity index (χ0n) is 17.1. The predicted molar refractivity (Wildman–Crippen MR) is 106 cm³/mol. The summed E-state index contributed by atoms with van der Waals surface area (Å²) in [6.45, 7) is 5.13. The highest BCUT2D eigenvalue weighted by atomic mass is 19.4. The van der Waals surface area contributed by atoms with Gasteiger partial charge < -0.3 is 15.5 Å². The van der Waals surface area contributed by atoms with E-state index in [0.717, 1.165) is 6.07 Å². The number of benzene rings is 1. The van der Waals surface area contributed by atoms with Gasteiger partial charge in [-0.3, -0.25) is 19.3 Å². The summed E-state index contributed by atoms with van der Waals surface area (Å²) in [5.41, 5.74) is -1.17. The summed E-state index contributed by atoms with van der Waals surface area (Å²) in [6.07, 6.45) is -3.87. The zero-order valence-corrected chi connectivity index (χ0v) is 17.1. The summed E-state index contributed by atoms with van der Waals surface area (Å²) in [4.78, 5) is 39.6. The number of para-hydroxylation sites is 1. The molecule has 1 unspecified atom stereocenters. The summed E-state index contributed by atoms with van der Waals surface area (Å²) in [6, 6.07) is 4.82. The van der Waals surface area contributed by atoms with Gasteiger partial charge in [0.25, 0.3) is 0 Å². The normalized spacial score (nSPS) is 16.1. The highest BCUT2D eigenvalue weighted by molar-refractivity contribution is 5.93. The second kappa shape index (κ2) is 10.4. The quantitative estimate of drug-likeness (QED) is 0.696. The van der Waals surface area contributed by atoms with Crippen LogP contribution in [-0.4, -0.2) is 66.8 Å².